The highest BCUT2D eigenvalue weighted by Gasteiger charge is 2.16. The minimum atomic E-state index is -0.331. The molecule has 1 aliphatic rings. The van der Waals surface area contributed by atoms with Crippen LogP contribution in [0.3, 0.4) is 0 Å². The highest BCUT2D eigenvalue weighted by atomic mass is 35.5. The van der Waals surface area contributed by atoms with E-state index in [-0.39, 0.29) is 18.1 Å². The van der Waals surface area contributed by atoms with Gasteiger partial charge in [-0.3, -0.25) is 14.2 Å². The molecule has 0 radical (unpaired) electrons. The summed E-state index contributed by atoms with van der Waals surface area (Å²) in [4.78, 5) is 29.1. The highest BCUT2D eigenvalue weighted by molar-refractivity contribution is 6.33. The average molecular weight is 370 g/mol. The lowest BCUT2D eigenvalue weighted by Crippen LogP contribution is -2.22. The lowest BCUT2D eigenvalue weighted by molar-refractivity contribution is -0.118. The van der Waals surface area contributed by atoms with Crippen LogP contribution in [-0.2, 0) is 17.8 Å². The van der Waals surface area contributed by atoms with Crippen molar-refractivity contribution in [3.63, 3.8) is 0 Å². The molecule has 2 heterocycles. The number of amides is 1. The van der Waals surface area contributed by atoms with E-state index in [1.807, 2.05) is 0 Å². The normalized spacial score (nSPS) is 12.8. The predicted octanol–water partition coefficient (Wildman–Crippen LogP) is 3.01. The first kappa shape index (κ1) is 16.6. The van der Waals surface area contributed by atoms with Crippen molar-refractivity contribution in [3.05, 3.63) is 63.7 Å². The number of para-hydroxylation sites is 1. The number of anilines is 1. The second-order valence-corrected chi connectivity index (χ2v) is 6.49. The molecule has 7 heteroatoms. The Balaban J connectivity index is 1.50. The van der Waals surface area contributed by atoms with E-state index >= 15 is 0 Å². The van der Waals surface area contributed by atoms with Gasteiger partial charge in [-0.15, -0.1) is 0 Å². The number of hydrogen-bond donors (Lipinski definition) is 1. The van der Waals surface area contributed by atoms with Gasteiger partial charge < -0.3 is 10.1 Å². The molecule has 1 aliphatic heterocycles. The van der Waals surface area contributed by atoms with E-state index in [0.717, 1.165) is 18.7 Å². The summed E-state index contributed by atoms with van der Waals surface area (Å²) in [5.41, 5.74) is 1.11. The fourth-order valence-corrected chi connectivity index (χ4v) is 3.23. The van der Waals surface area contributed by atoms with E-state index in [2.05, 4.69) is 10.3 Å². The number of rotatable bonds is 4. The number of carbonyl (C=O) groups is 1. The minimum absolute atomic E-state index is 0.0616. The largest absolute Gasteiger partial charge is 0.484 e. The van der Waals surface area contributed by atoms with Crippen LogP contribution in [0.15, 0.2) is 47.3 Å². The van der Waals surface area contributed by atoms with Gasteiger partial charge in [0.15, 0.2) is 6.61 Å². The number of fused-ring (bicyclic) bond motifs is 2. The topological polar surface area (TPSA) is 73.2 Å². The van der Waals surface area contributed by atoms with Gasteiger partial charge in [-0.1, -0.05) is 23.7 Å². The van der Waals surface area contributed by atoms with Crippen LogP contribution in [0.1, 0.15) is 12.2 Å². The number of nitrogens with zero attached hydrogens (tertiary/aromatic N) is 2. The molecule has 6 nitrogen and oxygen atoms in total. The standard InChI is InChI=1S/C19H16ClN3O3/c20-14-4-1-2-5-16(14)22-18(24)11-26-12-7-8-15-13(10-12)19(25)23-9-3-6-17(23)21-15/h1-2,4-5,7-8,10H,3,6,9,11H2,(H,22,24). The van der Waals surface area contributed by atoms with E-state index in [1.165, 1.54) is 0 Å². The quantitative estimate of drug-likeness (QED) is 0.767. The Morgan fingerprint density at radius 2 is 2.12 bits per heavy atom. The summed E-state index contributed by atoms with van der Waals surface area (Å²) in [6, 6.07) is 12.1. The fourth-order valence-electron chi connectivity index (χ4n) is 3.05. The Bertz CT molecular complexity index is 1060. The van der Waals surface area contributed by atoms with Gasteiger partial charge in [0.1, 0.15) is 11.6 Å². The molecule has 4 rings (SSSR count). The lowest BCUT2D eigenvalue weighted by Gasteiger charge is -2.10. The summed E-state index contributed by atoms with van der Waals surface area (Å²) in [6.45, 7) is 0.513. The first-order valence-electron chi connectivity index (χ1n) is 8.32. The molecule has 0 fully saturated rings. The summed E-state index contributed by atoms with van der Waals surface area (Å²) >= 11 is 6.02. The maximum Gasteiger partial charge on any atom is 0.262 e. The van der Waals surface area contributed by atoms with Gasteiger partial charge in [-0.05, 0) is 36.8 Å². The van der Waals surface area contributed by atoms with Crippen LogP contribution < -0.4 is 15.6 Å². The minimum Gasteiger partial charge on any atom is -0.484 e. The van der Waals surface area contributed by atoms with E-state index in [4.69, 9.17) is 16.3 Å². The van der Waals surface area contributed by atoms with E-state index in [1.54, 1.807) is 47.0 Å². The van der Waals surface area contributed by atoms with Gasteiger partial charge in [0.2, 0.25) is 0 Å². The zero-order valence-electron chi connectivity index (χ0n) is 13.9. The number of ether oxygens (including phenoxy) is 1. The monoisotopic (exact) mass is 369 g/mol. The van der Waals surface area contributed by atoms with Crippen molar-refractivity contribution in [3.8, 4) is 5.75 Å². The van der Waals surface area contributed by atoms with Gasteiger partial charge in [-0.25, -0.2) is 4.98 Å². The van der Waals surface area contributed by atoms with Gasteiger partial charge in [0.05, 0.1) is 21.6 Å². The van der Waals surface area contributed by atoms with E-state index in [9.17, 15) is 9.59 Å². The summed E-state index contributed by atoms with van der Waals surface area (Å²) in [5.74, 6) is 0.946. The van der Waals surface area contributed by atoms with Crippen molar-refractivity contribution in [1.82, 2.24) is 9.55 Å². The molecule has 0 atom stereocenters. The van der Waals surface area contributed by atoms with Gasteiger partial charge in [0, 0.05) is 13.0 Å². The van der Waals surface area contributed by atoms with Gasteiger partial charge in [0.25, 0.3) is 11.5 Å². The third-order valence-corrected chi connectivity index (χ3v) is 4.63. The lowest BCUT2D eigenvalue weighted by atomic mass is 10.2. The number of carbonyl (C=O) groups excluding carboxylic acids is 1. The van der Waals surface area contributed by atoms with E-state index in [0.29, 0.717) is 33.9 Å². The zero-order valence-corrected chi connectivity index (χ0v) is 14.6. The molecule has 0 bridgehead atoms. The molecule has 1 N–H and O–H groups in total. The maximum absolute atomic E-state index is 12.6. The fraction of sp³-hybridized carbons (Fsp3) is 0.211. The molecule has 0 aliphatic carbocycles. The Morgan fingerprint density at radius 1 is 1.27 bits per heavy atom. The molecule has 0 saturated heterocycles. The van der Waals surface area contributed by atoms with E-state index < -0.39 is 0 Å². The summed E-state index contributed by atoms with van der Waals surface area (Å²) in [7, 11) is 0. The number of aryl methyl sites for hydroxylation is 1. The highest BCUT2D eigenvalue weighted by Crippen LogP contribution is 2.21. The molecular weight excluding hydrogens is 354 g/mol. The molecule has 0 spiro atoms. The van der Waals surface area contributed by atoms with Crippen molar-refractivity contribution in [2.24, 2.45) is 0 Å². The number of benzene rings is 2. The average Bonchev–Trinajstić information content (AvgIpc) is 3.11. The van der Waals surface area contributed by atoms with Gasteiger partial charge in [-0.2, -0.15) is 0 Å². The van der Waals surface area contributed by atoms with Crippen LogP contribution in [0.25, 0.3) is 10.9 Å². The Hall–Kier alpha value is -2.86. The number of aromatic nitrogens is 2. The summed E-state index contributed by atoms with van der Waals surface area (Å²) in [6.07, 6.45) is 1.76. The third kappa shape index (κ3) is 3.15. The van der Waals surface area contributed by atoms with Crippen LogP contribution in [0, 0.1) is 0 Å². The predicted molar refractivity (Wildman–Crippen MR) is 99.9 cm³/mol. The molecular formula is C19H16ClN3O3. The molecule has 26 heavy (non-hydrogen) atoms. The zero-order chi connectivity index (χ0) is 18.1. The van der Waals surface area contributed by atoms with Crippen LogP contribution >= 0.6 is 11.6 Å². The molecule has 132 valence electrons. The van der Waals surface area contributed by atoms with Crippen molar-refractivity contribution >= 4 is 34.1 Å². The molecule has 0 saturated carbocycles. The SMILES string of the molecule is O=C(COc1ccc2nc3n(c(=O)c2c1)CCC3)Nc1ccccc1Cl. The van der Waals surface area contributed by atoms with Crippen LogP contribution in [0.4, 0.5) is 5.69 Å². The summed E-state index contributed by atoms with van der Waals surface area (Å²) in [5, 5.41) is 3.65. The smallest absolute Gasteiger partial charge is 0.262 e. The van der Waals surface area contributed by atoms with Crippen molar-refractivity contribution in [1.29, 1.82) is 0 Å². The molecule has 2 aromatic carbocycles. The summed E-state index contributed by atoms with van der Waals surface area (Å²) < 4.78 is 7.24. The molecule has 0 unspecified atom stereocenters. The van der Waals surface area contributed by atoms with Crippen molar-refractivity contribution in [2.75, 3.05) is 11.9 Å². The van der Waals surface area contributed by atoms with Crippen molar-refractivity contribution in [2.45, 2.75) is 19.4 Å². The van der Waals surface area contributed by atoms with Crippen LogP contribution in [0.5, 0.6) is 5.75 Å². The Morgan fingerprint density at radius 3 is 2.96 bits per heavy atom. The second-order valence-electron chi connectivity index (χ2n) is 6.08. The first-order valence-corrected chi connectivity index (χ1v) is 8.70. The number of nitrogens with one attached hydrogen (secondary N) is 1. The third-order valence-electron chi connectivity index (χ3n) is 4.30. The van der Waals surface area contributed by atoms with Crippen LogP contribution in [0.2, 0.25) is 5.02 Å². The van der Waals surface area contributed by atoms with Gasteiger partial charge >= 0.3 is 0 Å². The number of halogens is 1. The van der Waals surface area contributed by atoms with Crippen LogP contribution in [-0.4, -0.2) is 22.1 Å². The first-order chi connectivity index (χ1) is 12.6. The maximum atomic E-state index is 12.6. The second kappa shape index (κ2) is 6.80. The molecule has 1 aromatic heterocycles. The van der Waals surface area contributed by atoms with Crippen molar-refractivity contribution < 1.29 is 9.53 Å². The Labute approximate surface area is 154 Å². The molecule has 3 aromatic rings. The molecule has 1 amide bonds. The number of hydrogen-bond acceptors (Lipinski definition) is 4. The Kier molecular flexibility index (Phi) is 4.34.